The first-order valence-electron chi connectivity index (χ1n) is 7.68. The van der Waals surface area contributed by atoms with Crippen LogP contribution in [0.25, 0.3) is 10.8 Å². The number of thioether (sulfide) groups is 1. The van der Waals surface area contributed by atoms with Crippen LogP contribution < -0.4 is 10.9 Å². The summed E-state index contributed by atoms with van der Waals surface area (Å²) in [7, 11) is 1.76. The topological polar surface area (TPSA) is 118 Å². The number of tetrazole rings is 1. The van der Waals surface area contributed by atoms with Crippen LogP contribution in [-0.2, 0) is 11.8 Å². The Labute approximate surface area is 147 Å². The monoisotopic (exact) mass is 359 g/mol. The van der Waals surface area contributed by atoms with Crippen molar-refractivity contribution in [2.75, 3.05) is 12.3 Å². The Morgan fingerprint density at radius 1 is 1.36 bits per heavy atom. The summed E-state index contributed by atoms with van der Waals surface area (Å²) in [5, 5.41) is 22.5. The molecular formula is C15H17N7O2S. The first kappa shape index (κ1) is 17.1. The van der Waals surface area contributed by atoms with Crippen molar-refractivity contribution in [3.63, 3.8) is 0 Å². The average Bonchev–Trinajstić information content (AvgIpc) is 3.03. The first-order chi connectivity index (χ1) is 12.1. The van der Waals surface area contributed by atoms with Gasteiger partial charge in [0, 0.05) is 24.7 Å². The van der Waals surface area contributed by atoms with Crippen molar-refractivity contribution in [3.8, 4) is 0 Å². The van der Waals surface area contributed by atoms with Crippen LogP contribution in [0, 0.1) is 0 Å². The molecule has 9 nitrogen and oxygen atoms in total. The Morgan fingerprint density at radius 2 is 2.12 bits per heavy atom. The number of fused-ring (bicyclic) bond motifs is 1. The van der Waals surface area contributed by atoms with Crippen LogP contribution in [0.15, 0.2) is 34.2 Å². The molecule has 0 radical (unpaired) electrons. The number of carbonyl (C=O) groups is 1. The molecule has 2 heterocycles. The van der Waals surface area contributed by atoms with E-state index in [-0.39, 0.29) is 11.5 Å². The molecule has 2 N–H and O–H groups in total. The number of nitrogens with one attached hydrogen (secondary N) is 2. The summed E-state index contributed by atoms with van der Waals surface area (Å²) in [4.78, 5) is 24.2. The van der Waals surface area contributed by atoms with E-state index in [1.165, 1.54) is 11.8 Å². The highest BCUT2D eigenvalue weighted by atomic mass is 32.2. The molecule has 0 saturated carbocycles. The van der Waals surface area contributed by atoms with Gasteiger partial charge in [0.1, 0.15) is 0 Å². The molecule has 0 saturated heterocycles. The number of nitrogens with zero attached hydrogens (tertiary/aromatic N) is 5. The molecule has 0 spiro atoms. The minimum Gasteiger partial charge on any atom is -0.355 e. The molecule has 0 aliphatic rings. The lowest BCUT2D eigenvalue weighted by Gasteiger charge is -2.13. The lowest BCUT2D eigenvalue weighted by molar-refractivity contribution is -0.122. The SMILES string of the molecule is C[C@H](C(=O)NCCSc1nnnn1C)c1n[nH]c(=O)c2ccccc12. The number of H-pyrrole nitrogens is 1. The van der Waals surface area contributed by atoms with E-state index in [2.05, 4.69) is 31.0 Å². The van der Waals surface area contributed by atoms with Gasteiger partial charge in [-0.1, -0.05) is 30.0 Å². The van der Waals surface area contributed by atoms with E-state index in [1.807, 2.05) is 6.07 Å². The number of amides is 1. The van der Waals surface area contributed by atoms with Gasteiger partial charge in [0.05, 0.1) is 17.0 Å². The van der Waals surface area contributed by atoms with Crippen molar-refractivity contribution < 1.29 is 4.79 Å². The molecule has 3 aromatic rings. The highest BCUT2D eigenvalue weighted by molar-refractivity contribution is 7.99. The Bertz CT molecular complexity index is 952. The van der Waals surface area contributed by atoms with Crippen LogP contribution in [0.5, 0.6) is 0 Å². The predicted molar refractivity (Wildman–Crippen MR) is 93.3 cm³/mol. The van der Waals surface area contributed by atoms with E-state index in [1.54, 1.807) is 36.9 Å². The van der Waals surface area contributed by atoms with Crippen LogP contribution in [-0.4, -0.2) is 48.6 Å². The Morgan fingerprint density at radius 3 is 2.84 bits per heavy atom. The summed E-state index contributed by atoms with van der Waals surface area (Å²) in [5.74, 6) is 0.0107. The zero-order valence-corrected chi connectivity index (χ0v) is 14.6. The van der Waals surface area contributed by atoms with Gasteiger partial charge < -0.3 is 5.32 Å². The van der Waals surface area contributed by atoms with Crippen LogP contribution >= 0.6 is 11.8 Å². The zero-order chi connectivity index (χ0) is 17.8. The molecule has 0 bridgehead atoms. The fourth-order valence-electron chi connectivity index (χ4n) is 2.40. The fourth-order valence-corrected chi connectivity index (χ4v) is 3.11. The zero-order valence-electron chi connectivity index (χ0n) is 13.8. The van der Waals surface area contributed by atoms with Crippen LogP contribution in [0.1, 0.15) is 18.5 Å². The maximum atomic E-state index is 12.4. The number of benzene rings is 1. The summed E-state index contributed by atoms with van der Waals surface area (Å²) < 4.78 is 1.57. The van der Waals surface area contributed by atoms with Crippen LogP contribution in [0.4, 0.5) is 0 Å². The van der Waals surface area contributed by atoms with Crippen molar-refractivity contribution in [1.82, 2.24) is 35.7 Å². The quantitative estimate of drug-likeness (QED) is 0.485. The number of aromatic amines is 1. The lowest BCUT2D eigenvalue weighted by Crippen LogP contribution is -2.31. The van der Waals surface area contributed by atoms with Crippen LogP contribution in [0.2, 0.25) is 0 Å². The summed E-state index contributed by atoms with van der Waals surface area (Å²) in [6.45, 7) is 2.24. The second-order valence-corrected chi connectivity index (χ2v) is 6.49. The molecule has 1 atom stereocenters. The van der Waals surface area contributed by atoms with Gasteiger partial charge in [0.15, 0.2) is 0 Å². The third kappa shape index (κ3) is 3.68. The summed E-state index contributed by atoms with van der Waals surface area (Å²) in [6.07, 6.45) is 0. The smallest absolute Gasteiger partial charge is 0.272 e. The van der Waals surface area contributed by atoms with Gasteiger partial charge >= 0.3 is 0 Å². The average molecular weight is 359 g/mol. The third-order valence-electron chi connectivity index (χ3n) is 3.74. The number of rotatable bonds is 6. The van der Waals surface area contributed by atoms with Gasteiger partial charge in [-0.2, -0.15) is 5.10 Å². The molecule has 1 amide bonds. The number of aryl methyl sites for hydroxylation is 1. The van der Waals surface area contributed by atoms with Crippen molar-refractivity contribution >= 4 is 28.4 Å². The number of aromatic nitrogens is 6. The molecule has 0 aliphatic carbocycles. The summed E-state index contributed by atoms with van der Waals surface area (Å²) in [5.41, 5.74) is 0.290. The normalized spacial score (nSPS) is 12.2. The van der Waals surface area contributed by atoms with Gasteiger partial charge in [0.2, 0.25) is 11.1 Å². The Kier molecular flexibility index (Phi) is 5.08. The van der Waals surface area contributed by atoms with E-state index in [0.717, 1.165) is 0 Å². The largest absolute Gasteiger partial charge is 0.355 e. The molecule has 130 valence electrons. The second-order valence-electron chi connectivity index (χ2n) is 5.43. The molecule has 0 aliphatic heterocycles. The highest BCUT2D eigenvalue weighted by Crippen LogP contribution is 2.21. The Balaban J connectivity index is 1.64. The molecule has 10 heteroatoms. The van der Waals surface area contributed by atoms with Crippen molar-refractivity contribution in [3.05, 3.63) is 40.3 Å². The maximum Gasteiger partial charge on any atom is 0.272 e. The predicted octanol–water partition coefficient (Wildman–Crippen LogP) is 0.459. The molecule has 2 aromatic heterocycles. The molecule has 3 rings (SSSR count). The first-order valence-corrected chi connectivity index (χ1v) is 8.66. The molecule has 0 unspecified atom stereocenters. The van der Waals surface area contributed by atoms with Gasteiger partial charge in [0.25, 0.3) is 5.56 Å². The summed E-state index contributed by atoms with van der Waals surface area (Å²) in [6, 6.07) is 7.12. The van der Waals surface area contributed by atoms with E-state index in [9.17, 15) is 9.59 Å². The van der Waals surface area contributed by atoms with Gasteiger partial charge in [-0.05, 0) is 23.4 Å². The van der Waals surface area contributed by atoms with E-state index < -0.39 is 5.92 Å². The number of hydrogen-bond donors (Lipinski definition) is 2. The number of hydrogen-bond acceptors (Lipinski definition) is 7. The van der Waals surface area contributed by atoms with E-state index in [4.69, 9.17) is 0 Å². The van der Waals surface area contributed by atoms with Crippen LogP contribution in [0.3, 0.4) is 0 Å². The minimum absolute atomic E-state index is 0.151. The van der Waals surface area contributed by atoms with E-state index in [0.29, 0.717) is 33.9 Å². The molecule has 0 fully saturated rings. The summed E-state index contributed by atoms with van der Waals surface area (Å²) >= 11 is 1.46. The third-order valence-corrected chi connectivity index (χ3v) is 4.76. The second kappa shape index (κ2) is 7.43. The molecular weight excluding hydrogens is 342 g/mol. The maximum absolute atomic E-state index is 12.4. The van der Waals surface area contributed by atoms with Crippen molar-refractivity contribution in [2.45, 2.75) is 18.0 Å². The van der Waals surface area contributed by atoms with Gasteiger partial charge in [-0.3, -0.25) is 9.59 Å². The highest BCUT2D eigenvalue weighted by Gasteiger charge is 2.20. The Hall–Kier alpha value is -2.75. The van der Waals surface area contributed by atoms with Crippen molar-refractivity contribution in [2.24, 2.45) is 7.05 Å². The number of carbonyl (C=O) groups excluding carboxylic acids is 1. The minimum atomic E-state index is -0.483. The fraction of sp³-hybridized carbons (Fsp3) is 0.333. The molecule has 25 heavy (non-hydrogen) atoms. The van der Waals surface area contributed by atoms with E-state index >= 15 is 0 Å². The van der Waals surface area contributed by atoms with Crippen molar-refractivity contribution in [1.29, 1.82) is 0 Å². The van der Waals surface area contributed by atoms with Gasteiger partial charge in [-0.25, -0.2) is 9.78 Å². The molecule has 1 aromatic carbocycles. The standard InChI is InChI=1S/C15H17N7O2S/c1-9(12-10-5-3-4-6-11(10)14(24)18-17-12)13(23)16-7-8-25-15-19-20-21-22(15)2/h3-6,9H,7-8H2,1-2H3,(H,16,23)(H,18,24)/t9-/m0/s1. The lowest BCUT2D eigenvalue weighted by atomic mass is 10.0. The van der Waals surface area contributed by atoms with Gasteiger partial charge in [-0.15, -0.1) is 5.10 Å².